The van der Waals surface area contributed by atoms with Crippen LogP contribution >= 0.6 is 11.8 Å². The molecular weight excluding hydrogens is 803 g/mol. The number of ketones is 2. The summed E-state index contributed by atoms with van der Waals surface area (Å²) in [5.74, 6) is -7.14. The summed E-state index contributed by atoms with van der Waals surface area (Å²) in [6, 6.07) is 6.01. The number of ether oxygens (including phenoxy) is 1. The zero-order valence-corrected chi connectivity index (χ0v) is 34.6. The Bertz CT molecular complexity index is 2200. The monoisotopic (exact) mass is 855 g/mol. The number of aliphatic carboxylic acids is 2. The molecule has 2 bridgehead atoms. The molecule has 0 spiro atoms. The number of esters is 1. The van der Waals surface area contributed by atoms with E-state index in [0.717, 1.165) is 21.9 Å². The number of amides is 1. The lowest BCUT2D eigenvalue weighted by Gasteiger charge is -2.60. The third-order valence-electron chi connectivity index (χ3n) is 13.9. The normalized spacial score (nSPS) is 30.5. The number of thioether (sulfide) groups is 1. The molecule has 6 rings (SSSR count). The van der Waals surface area contributed by atoms with Gasteiger partial charge in [-0.2, -0.15) is 0 Å². The molecule has 1 aromatic heterocycles. The minimum absolute atomic E-state index is 0.00753. The number of aliphatic hydroxyl groups excluding tert-OH is 1. The van der Waals surface area contributed by atoms with Gasteiger partial charge in [0.25, 0.3) is 0 Å². The van der Waals surface area contributed by atoms with Crippen LogP contribution in [0.15, 0.2) is 51.6 Å². The van der Waals surface area contributed by atoms with E-state index in [1.165, 1.54) is 9.36 Å². The summed E-state index contributed by atoms with van der Waals surface area (Å²) in [6.07, 6.45) is -1.04. The standard InChI is InChI=1S/C41H53N5O13S/c1-22-13-15-40-18-30(48)35(53)41(40,58)39(22,3)31(59-34(52)21-60-20-28(29(47)10-12-33(50)51)43-32(49)11-9-27(42)36(54)55)17-26(23(40)2)24-14-16-44-37(56)46(38(57)45(44)19-24)25-7-5-4-6-8-25/h4-8,14,22-23,26-28,30-31,48,58H,9-13,15-21,42H2,1-3H3,(H,43,49)(H,50,51)(H,54,55)/t22-,23+,26-,27+,28+,30+,31-,39+,40+,41-/m1/s1. The van der Waals surface area contributed by atoms with Gasteiger partial charge in [0, 0.05) is 29.4 Å². The van der Waals surface area contributed by atoms with Crippen LogP contribution in [0.1, 0.15) is 72.1 Å². The molecule has 0 saturated heterocycles. The van der Waals surface area contributed by atoms with Crippen molar-refractivity contribution in [1.82, 2.24) is 19.2 Å². The van der Waals surface area contributed by atoms with Crippen molar-refractivity contribution in [2.24, 2.45) is 34.3 Å². The van der Waals surface area contributed by atoms with E-state index in [1.54, 1.807) is 37.3 Å². The van der Waals surface area contributed by atoms with Crippen molar-refractivity contribution in [2.75, 3.05) is 11.5 Å². The predicted octanol–water partition coefficient (Wildman–Crippen LogP) is 0.640. The Kier molecular flexibility index (Phi) is 12.9. The number of aromatic nitrogens is 3. The highest BCUT2D eigenvalue weighted by Crippen LogP contribution is 2.70. The van der Waals surface area contributed by atoms with Gasteiger partial charge in [0.1, 0.15) is 23.9 Å². The van der Waals surface area contributed by atoms with Crippen LogP contribution in [0.25, 0.3) is 5.69 Å². The number of carboxylic acids is 2. The Labute approximate surface area is 349 Å². The van der Waals surface area contributed by atoms with Crippen molar-refractivity contribution < 1.29 is 53.9 Å². The molecule has 326 valence electrons. The molecule has 1 amide bonds. The van der Waals surface area contributed by atoms with Gasteiger partial charge in [0.15, 0.2) is 11.6 Å². The van der Waals surface area contributed by atoms with Gasteiger partial charge in [-0.1, -0.05) is 45.0 Å². The smallest absolute Gasteiger partial charge is 0.352 e. The van der Waals surface area contributed by atoms with E-state index >= 15 is 0 Å². The number of carbonyl (C=O) groups is 6. The fraction of sp³-hybridized carbons (Fsp3) is 0.610. The molecule has 0 radical (unpaired) electrons. The number of nitrogens with one attached hydrogen (secondary N) is 1. The van der Waals surface area contributed by atoms with E-state index in [2.05, 4.69) is 5.32 Å². The molecule has 10 atom stereocenters. The minimum atomic E-state index is -2.11. The number of Topliss-reactive ketones (excluding diaryl/α,β-unsaturated/α-hetero) is 2. The van der Waals surface area contributed by atoms with Crippen LogP contribution in [-0.2, 0) is 46.6 Å². The molecular formula is C41H53N5O13S. The van der Waals surface area contributed by atoms with Crippen LogP contribution in [0.5, 0.6) is 0 Å². The van der Waals surface area contributed by atoms with Gasteiger partial charge < -0.3 is 36.2 Å². The van der Waals surface area contributed by atoms with Crippen molar-refractivity contribution in [3.05, 3.63) is 62.9 Å². The quantitative estimate of drug-likeness (QED) is 0.0999. The van der Waals surface area contributed by atoms with Crippen molar-refractivity contribution in [2.45, 2.75) is 115 Å². The van der Waals surface area contributed by atoms with E-state index < -0.39 is 112 Å². The van der Waals surface area contributed by atoms with Gasteiger partial charge in [-0.25, -0.2) is 23.5 Å². The Morgan fingerprint density at radius 2 is 1.70 bits per heavy atom. The van der Waals surface area contributed by atoms with Gasteiger partial charge in [-0.05, 0) is 67.6 Å². The number of fused-ring (bicyclic) bond motifs is 1. The lowest BCUT2D eigenvalue weighted by atomic mass is 9.46. The molecule has 3 aliphatic carbocycles. The zero-order chi connectivity index (χ0) is 43.9. The van der Waals surface area contributed by atoms with Gasteiger partial charge >= 0.3 is 29.3 Å². The molecule has 1 aromatic carbocycles. The highest BCUT2D eigenvalue weighted by Gasteiger charge is 2.78. The second kappa shape index (κ2) is 17.3. The van der Waals surface area contributed by atoms with Crippen LogP contribution in [-0.4, -0.2) is 111 Å². The molecule has 2 aromatic rings. The van der Waals surface area contributed by atoms with E-state index in [-0.39, 0.29) is 56.2 Å². The molecule has 0 unspecified atom stereocenters. The lowest BCUT2D eigenvalue weighted by molar-refractivity contribution is -0.234. The molecule has 19 heteroatoms. The predicted molar refractivity (Wildman–Crippen MR) is 215 cm³/mol. The highest BCUT2D eigenvalue weighted by molar-refractivity contribution is 8.00. The number of carboxylic acid groups (broad SMARTS) is 2. The summed E-state index contributed by atoms with van der Waals surface area (Å²) in [6.45, 7) is 5.60. The average molecular weight is 856 g/mol. The number of rotatable bonds is 16. The second-order valence-corrected chi connectivity index (χ2v) is 17.9. The Morgan fingerprint density at radius 1 is 1.02 bits per heavy atom. The summed E-state index contributed by atoms with van der Waals surface area (Å²) in [5.41, 5.74) is 0.996. The Balaban J connectivity index is 1.27. The fourth-order valence-corrected chi connectivity index (χ4v) is 11.3. The van der Waals surface area contributed by atoms with Crippen molar-refractivity contribution in [3.63, 3.8) is 0 Å². The van der Waals surface area contributed by atoms with Crippen molar-refractivity contribution in [3.8, 4) is 5.69 Å². The van der Waals surface area contributed by atoms with Crippen LogP contribution in [0, 0.1) is 28.6 Å². The third-order valence-corrected chi connectivity index (χ3v) is 14.9. The van der Waals surface area contributed by atoms with Gasteiger partial charge in [0.2, 0.25) is 5.91 Å². The van der Waals surface area contributed by atoms with Crippen LogP contribution in [0.2, 0.25) is 0 Å². The maximum Gasteiger partial charge on any atom is 0.352 e. The third kappa shape index (κ3) is 7.68. The number of allylic oxidation sites excluding steroid dienone is 2. The van der Waals surface area contributed by atoms with E-state index in [0.29, 0.717) is 18.5 Å². The summed E-state index contributed by atoms with van der Waals surface area (Å²) in [7, 11) is 0. The first-order valence-electron chi connectivity index (χ1n) is 20.2. The van der Waals surface area contributed by atoms with E-state index in [9.17, 15) is 48.6 Å². The van der Waals surface area contributed by atoms with E-state index in [4.69, 9.17) is 20.7 Å². The summed E-state index contributed by atoms with van der Waals surface area (Å²) < 4.78 is 10.1. The zero-order valence-electron chi connectivity index (χ0n) is 33.8. The average Bonchev–Trinajstić information content (AvgIpc) is 3.58. The molecule has 2 heterocycles. The van der Waals surface area contributed by atoms with E-state index in [1.807, 2.05) is 19.9 Å². The molecule has 3 saturated carbocycles. The number of hydrogen-bond acceptors (Lipinski definition) is 13. The number of hydrogen-bond donors (Lipinski definition) is 6. The van der Waals surface area contributed by atoms with Crippen LogP contribution in [0.4, 0.5) is 0 Å². The molecule has 18 nitrogen and oxygen atoms in total. The number of nitrogens with zero attached hydrogens (tertiary/aromatic N) is 3. The summed E-state index contributed by atoms with van der Waals surface area (Å²) >= 11 is 0.934. The Hall–Kier alpha value is -4.85. The molecule has 4 aliphatic rings. The van der Waals surface area contributed by atoms with Gasteiger partial charge in [-0.15, -0.1) is 11.8 Å². The highest BCUT2D eigenvalue weighted by atomic mass is 32.2. The molecule has 1 aliphatic heterocycles. The van der Waals surface area contributed by atoms with Gasteiger partial charge in [0.05, 0.1) is 37.0 Å². The Morgan fingerprint density at radius 3 is 2.37 bits per heavy atom. The first-order valence-corrected chi connectivity index (χ1v) is 21.3. The largest absolute Gasteiger partial charge is 0.481 e. The number of para-hydroxylation sites is 1. The topological polar surface area (TPSA) is 280 Å². The van der Waals surface area contributed by atoms with Crippen molar-refractivity contribution >= 4 is 47.1 Å². The van der Waals surface area contributed by atoms with Crippen LogP contribution < -0.4 is 22.4 Å². The first-order chi connectivity index (χ1) is 28.3. The maximum atomic E-state index is 14.1. The SMILES string of the molecule is C[C@@H]1CC[C@@]23C[C@H](O)C(=O)[C@@]2(O)[C@]1(C)[C@H](OC(=O)CSC[C@H](NC(=O)CC[C@H](N)C(=O)O)C(=O)CCC(=O)O)C[C@@H](C1=CCn2c(=O)n(-c4ccccc4)c(=O)n2C1)[C@@H]3C. The van der Waals surface area contributed by atoms with Gasteiger partial charge in [-0.3, -0.25) is 28.8 Å². The number of aliphatic hydroxyl groups is 2. The van der Waals surface area contributed by atoms with Crippen molar-refractivity contribution in [1.29, 1.82) is 0 Å². The summed E-state index contributed by atoms with van der Waals surface area (Å²) in [5, 5.41) is 44.8. The minimum Gasteiger partial charge on any atom is -0.481 e. The molecule has 60 heavy (non-hydrogen) atoms. The maximum absolute atomic E-state index is 14.1. The lowest BCUT2D eigenvalue weighted by Crippen LogP contribution is -2.69. The van der Waals surface area contributed by atoms with Crippen LogP contribution in [0.3, 0.4) is 0 Å². The number of carbonyl (C=O) groups excluding carboxylic acids is 4. The molecule has 7 N–H and O–H groups in total. The fourth-order valence-electron chi connectivity index (χ4n) is 10.4. The molecule has 3 fully saturated rings. The number of benzene rings is 1. The number of nitrogens with two attached hydrogens (primary N) is 1. The second-order valence-electron chi connectivity index (χ2n) is 16.9. The first kappa shape index (κ1) is 44.7. The summed E-state index contributed by atoms with van der Waals surface area (Å²) in [4.78, 5) is 103.